The summed E-state index contributed by atoms with van der Waals surface area (Å²) < 4.78 is 0. The molecule has 1 aliphatic rings. The van der Waals surface area contributed by atoms with E-state index in [0.29, 0.717) is 18.9 Å². The van der Waals surface area contributed by atoms with Gasteiger partial charge in [-0.1, -0.05) is 24.6 Å². The molecule has 0 atom stereocenters. The van der Waals surface area contributed by atoms with Crippen LogP contribution < -0.4 is 11.1 Å². The van der Waals surface area contributed by atoms with Gasteiger partial charge < -0.3 is 11.1 Å². The molecule has 0 aliphatic heterocycles. The first-order valence-corrected chi connectivity index (χ1v) is 5.87. The third-order valence-electron chi connectivity index (χ3n) is 3.21. The van der Waals surface area contributed by atoms with Gasteiger partial charge in [0.2, 0.25) is 5.91 Å². The molecule has 0 spiro atoms. The standard InChI is InChI=1S/C13H18N2O/c14-9-11-6-1-2-7-12(11)15-13(16)8-10-4-3-5-10/h1-2,6-7,10H,3-5,8-9,14H2,(H,15,16). The molecule has 0 aromatic heterocycles. The van der Waals surface area contributed by atoms with Gasteiger partial charge in [-0.2, -0.15) is 0 Å². The van der Waals surface area contributed by atoms with E-state index in [-0.39, 0.29) is 5.91 Å². The van der Waals surface area contributed by atoms with Gasteiger partial charge in [0.15, 0.2) is 0 Å². The van der Waals surface area contributed by atoms with Crippen LogP contribution in [0.15, 0.2) is 24.3 Å². The Hall–Kier alpha value is -1.35. The molecule has 0 saturated heterocycles. The highest BCUT2D eigenvalue weighted by atomic mass is 16.1. The van der Waals surface area contributed by atoms with E-state index in [2.05, 4.69) is 5.32 Å². The Morgan fingerprint density at radius 1 is 1.38 bits per heavy atom. The van der Waals surface area contributed by atoms with Crippen LogP contribution in [0.2, 0.25) is 0 Å². The fourth-order valence-corrected chi connectivity index (χ4v) is 1.98. The third-order valence-corrected chi connectivity index (χ3v) is 3.21. The monoisotopic (exact) mass is 218 g/mol. The minimum Gasteiger partial charge on any atom is -0.326 e. The Morgan fingerprint density at radius 2 is 2.12 bits per heavy atom. The number of rotatable bonds is 4. The van der Waals surface area contributed by atoms with Crippen molar-refractivity contribution >= 4 is 11.6 Å². The van der Waals surface area contributed by atoms with Crippen LogP contribution in [0.4, 0.5) is 5.69 Å². The second kappa shape index (κ2) is 5.12. The molecule has 1 aromatic rings. The molecule has 1 fully saturated rings. The fraction of sp³-hybridized carbons (Fsp3) is 0.462. The minimum absolute atomic E-state index is 0.116. The van der Waals surface area contributed by atoms with E-state index in [1.807, 2.05) is 24.3 Å². The summed E-state index contributed by atoms with van der Waals surface area (Å²) in [4.78, 5) is 11.7. The lowest BCUT2D eigenvalue weighted by Crippen LogP contribution is -2.21. The topological polar surface area (TPSA) is 55.1 Å². The molecule has 1 amide bonds. The number of carbonyl (C=O) groups is 1. The molecular weight excluding hydrogens is 200 g/mol. The van der Waals surface area contributed by atoms with Crippen LogP contribution in [0.25, 0.3) is 0 Å². The normalized spacial score (nSPS) is 15.6. The second-order valence-corrected chi connectivity index (χ2v) is 4.41. The number of nitrogens with one attached hydrogen (secondary N) is 1. The van der Waals surface area contributed by atoms with Gasteiger partial charge in [-0.25, -0.2) is 0 Å². The Bertz CT molecular complexity index is 372. The summed E-state index contributed by atoms with van der Waals surface area (Å²) in [6.07, 6.45) is 4.33. The quantitative estimate of drug-likeness (QED) is 0.814. The Kier molecular flexibility index (Phi) is 3.57. The highest BCUT2D eigenvalue weighted by Gasteiger charge is 2.20. The van der Waals surface area contributed by atoms with Gasteiger partial charge in [0.1, 0.15) is 0 Å². The molecule has 1 saturated carbocycles. The summed E-state index contributed by atoms with van der Waals surface area (Å²) in [6.45, 7) is 0.458. The van der Waals surface area contributed by atoms with Crippen LogP contribution in [0.5, 0.6) is 0 Å². The van der Waals surface area contributed by atoms with Crippen LogP contribution in [0.1, 0.15) is 31.2 Å². The van der Waals surface area contributed by atoms with E-state index in [0.717, 1.165) is 11.3 Å². The molecule has 0 bridgehead atoms. The van der Waals surface area contributed by atoms with E-state index >= 15 is 0 Å². The molecule has 3 N–H and O–H groups in total. The molecule has 1 aromatic carbocycles. The number of anilines is 1. The molecule has 1 aliphatic carbocycles. The van der Waals surface area contributed by atoms with Crippen molar-refractivity contribution in [1.82, 2.24) is 0 Å². The van der Waals surface area contributed by atoms with Crippen LogP contribution in [0, 0.1) is 5.92 Å². The number of carbonyl (C=O) groups excluding carboxylic acids is 1. The minimum atomic E-state index is 0.116. The lowest BCUT2D eigenvalue weighted by atomic mass is 9.83. The van der Waals surface area contributed by atoms with Crippen molar-refractivity contribution in [1.29, 1.82) is 0 Å². The van der Waals surface area contributed by atoms with Gasteiger partial charge >= 0.3 is 0 Å². The van der Waals surface area contributed by atoms with E-state index in [4.69, 9.17) is 5.73 Å². The van der Waals surface area contributed by atoms with E-state index in [1.165, 1.54) is 19.3 Å². The molecule has 0 heterocycles. The smallest absolute Gasteiger partial charge is 0.224 e. The van der Waals surface area contributed by atoms with Crippen LogP contribution in [-0.4, -0.2) is 5.91 Å². The van der Waals surface area contributed by atoms with Gasteiger partial charge in [-0.05, 0) is 30.4 Å². The van der Waals surface area contributed by atoms with Crippen molar-refractivity contribution in [2.45, 2.75) is 32.2 Å². The van der Waals surface area contributed by atoms with Crippen molar-refractivity contribution in [3.05, 3.63) is 29.8 Å². The number of hydrogen-bond acceptors (Lipinski definition) is 2. The number of para-hydroxylation sites is 1. The number of amides is 1. The first-order valence-electron chi connectivity index (χ1n) is 5.87. The highest BCUT2D eigenvalue weighted by Crippen LogP contribution is 2.29. The molecule has 0 radical (unpaired) electrons. The van der Waals surface area contributed by atoms with Crippen LogP contribution in [0.3, 0.4) is 0 Å². The lowest BCUT2D eigenvalue weighted by Gasteiger charge is -2.24. The first kappa shape index (κ1) is 11.1. The van der Waals surface area contributed by atoms with Gasteiger partial charge in [-0.3, -0.25) is 4.79 Å². The van der Waals surface area contributed by atoms with Crippen molar-refractivity contribution in [3.63, 3.8) is 0 Å². The summed E-state index contributed by atoms with van der Waals surface area (Å²) in [5.74, 6) is 0.718. The molecule has 0 unspecified atom stereocenters. The first-order chi connectivity index (χ1) is 7.79. The molecule has 86 valence electrons. The Labute approximate surface area is 96.0 Å². The number of nitrogens with two attached hydrogens (primary N) is 1. The van der Waals surface area contributed by atoms with Crippen molar-refractivity contribution in [2.24, 2.45) is 11.7 Å². The Morgan fingerprint density at radius 3 is 2.75 bits per heavy atom. The van der Waals surface area contributed by atoms with Gasteiger partial charge in [0, 0.05) is 18.7 Å². The van der Waals surface area contributed by atoms with Gasteiger partial charge in [0.05, 0.1) is 0 Å². The zero-order valence-corrected chi connectivity index (χ0v) is 9.41. The molecular formula is C13H18N2O. The molecule has 2 rings (SSSR count). The summed E-state index contributed by atoms with van der Waals surface area (Å²) in [5.41, 5.74) is 7.46. The average Bonchev–Trinajstić information content (AvgIpc) is 2.24. The van der Waals surface area contributed by atoms with Gasteiger partial charge in [-0.15, -0.1) is 0 Å². The largest absolute Gasteiger partial charge is 0.326 e. The molecule has 3 nitrogen and oxygen atoms in total. The predicted octanol–water partition coefficient (Wildman–Crippen LogP) is 2.27. The number of benzene rings is 1. The fourth-order valence-electron chi connectivity index (χ4n) is 1.98. The summed E-state index contributed by atoms with van der Waals surface area (Å²) >= 11 is 0. The highest BCUT2D eigenvalue weighted by molar-refractivity contribution is 5.91. The van der Waals surface area contributed by atoms with Crippen molar-refractivity contribution in [2.75, 3.05) is 5.32 Å². The third kappa shape index (κ3) is 2.61. The summed E-state index contributed by atoms with van der Waals surface area (Å²) in [7, 11) is 0. The SMILES string of the molecule is NCc1ccccc1NC(=O)CC1CCC1. The van der Waals surface area contributed by atoms with Crippen LogP contribution >= 0.6 is 0 Å². The van der Waals surface area contributed by atoms with E-state index in [9.17, 15) is 4.79 Å². The summed E-state index contributed by atoms with van der Waals surface area (Å²) in [6, 6.07) is 7.70. The number of hydrogen-bond donors (Lipinski definition) is 2. The van der Waals surface area contributed by atoms with Crippen molar-refractivity contribution < 1.29 is 4.79 Å². The predicted molar refractivity (Wildman–Crippen MR) is 64.9 cm³/mol. The average molecular weight is 218 g/mol. The van der Waals surface area contributed by atoms with Crippen LogP contribution in [-0.2, 0) is 11.3 Å². The Balaban J connectivity index is 1.94. The van der Waals surface area contributed by atoms with E-state index < -0.39 is 0 Å². The summed E-state index contributed by atoms with van der Waals surface area (Å²) in [5, 5.41) is 2.94. The zero-order chi connectivity index (χ0) is 11.4. The molecule has 3 heteroatoms. The molecule has 16 heavy (non-hydrogen) atoms. The maximum atomic E-state index is 11.7. The zero-order valence-electron chi connectivity index (χ0n) is 9.41. The van der Waals surface area contributed by atoms with Gasteiger partial charge in [0.25, 0.3) is 0 Å². The van der Waals surface area contributed by atoms with Crippen molar-refractivity contribution in [3.8, 4) is 0 Å². The maximum Gasteiger partial charge on any atom is 0.224 e. The van der Waals surface area contributed by atoms with E-state index in [1.54, 1.807) is 0 Å². The lowest BCUT2D eigenvalue weighted by molar-refractivity contribution is -0.117. The maximum absolute atomic E-state index is 11.7. The second-order valence-electron chi connectivity index (χ2n) is 4.41.